The zero-order chi connectivity index (χ0) is 9.10. The van der Waals surface area contributed by atoms with Crippen LogP contribution in [-0.4, -0.2) is 18.6 Å². The van der Waals surface area contributed by atoms with Crippen LogP contribution in [0.4, 0.5) is 5.69 Å². The predicted molar refractivity (Wildman–Crippen MR) is 58.4 cm³/mol. The van der Waals surface area contributed by atoms with Crippen molar-refractivity contribution in [2.24, 2.45) is 0 Å². The smallest absolute Gasteiger partial charge is 0.0451 e. The first-order valence-corrected chi connectivity index (χ1v) is 5.82. The molecule has 0 spiro atoms. The van der Waals surface area contributed by atoms with Crippen molar-refractivity contribution in [3.05, 3.63) is 16.8 Å². The number of hydrogen-bond donors (Lipinski definition) is 2. The van der Waals surface area contributed by atoms with E-state index in [1.807, 2.05) is 0 Å². The van der Waals surface area contributed by atoms with Gasteiger partial charge in [-0.2, -0.15) is 11.3 Å². The van der Waals surface area contributed by atoms with Gasteiger partial charge in [-0.05, 0) is 37.8 Å². The van der Waals surface area contributed by atoms with E-state index >= 15 is 0 Å². The number of thiophene rings is 1. The van der Waals surface area contributed by atoms with Crippen LogP contribution in [0.15, 0.2) is 16.8 Å². The molecule has 1 aliphatic rings. The quantitative estimate of drug-likeness (QED) is 0.775. The third-order valence-electron chi connectivity index (χ3n) is 2.62. The molecule has 0 aromatic carbocycles. The normalized spacial score (nSPS) is 24.5. The van der Waals surface area contributed by atoms with Crippen molar-refractivity contribution in [1.29, 1.82) is 0 Å². The van der Waals surface area contributed by atoms with Gasteiger partial charge in [0.25, 0.3) is 0 Å². The van der Waals surface area contributed by atoms with Gasteiger partial charge >= 0.3 is 0 Å². The molecule has 0 amide bonds. The average Bonchev–Trinajstić information content (AvgIpc) is 2.74. The Morgan fingerprint density at radius 2 is 2.62 bits per heavy atom. The zero-order valence-electron chi connectivity index (χ0n) is 7.92. The van der Waals surface area contributed by atoms with Crippen LogP contribution in [0.5, 0.6) is 0 Å². The van der Waals surface area contributed by atoms with E-state index in [1.165, 1.54) is 25.1 Å². The lowest BCUT2D eigenvalue weighted by Gasteiger charge is -2.21. The second-order valence-electron chi connectivity index (χ2n) is 3.65. The van der Waals surface area contributed by atoms with Crippen LogP contribution >= 0.6 is 11.3 Å². The lowest BCUT2D eigenvalue weighted by molar-refractivity contribution is 0.538. The molecular weight excluding hydrogens is 180 g/mol. The van der Waals surface area contributed by atoms with Crippen LogP contribution in [0.3, 0.4) is 0 Å². The molecule has 1 saturated heterocycles. The number of rotatable bonds is 3. The van der Waals surface area contributed by atoms with E-state index in [4.69, 9.17) is 0 Å². The van der Waals surface area contributed by atoms with E-state index in [1.54, 1.807) is 11.3 Å². The maximum absolute atomic E-state index is 3.51. The maximum atomic E-state index is 3.51. The predicted octanol–water partition coefficient (Wildman–Crippen LogP) is 2.30. The molecule has 2 unspecified atom stereocenters. The summed E-state index contributed by atoms with van der Waals surface area (Å²) in [7, 11) is 0. The number of nitrogens with one attached hydrogen (secondary N) is 2. The Kier molecular flexibility index (Phi) is 2.86. The van der Waals surface area contributed by atoms with Gasteiger partial charge in [0.15, 0.2) is 0 Å². The van der Waals surface area contributed by atoms with Gasteiger partial charge < -0.3 is 10.6 Å². The summed E-state index contributed by atoms with van der Waals surface area (Å²) in [6.07, 6.45) is 2.62. The Bertz CT molecular complexity index is 239. The first-order valence-electron chi connectivity index (χ1n) is 4.88. The molecule has 1 aliphatic heterocycles. The molecule has 72 valence electrons. The molecular formula is C10H16N2S. The van der Waals surface area contributed by atoms with Gasteiger partial charge in [0.2, 0.25) is 0 Å². The molecule has 3 heteroatoms. The van der Waals surface area contributed by atoms with Crippen molar-refractivity contribution in [2.45, 2.75) is 31.8 Å². The van der Waals surface area contributed by atoms with Crippen LogP contribution < -0.4 is 10.6 Å². The molecule has 2 atom stereocenters. The van der Waals surface area contributed by atoms with E-state index in [0.717, 1.165) is 0 Å². The molecule has 0 bridgehead atoms. The summed E-state index contributed by atoms with van der Waals surface area (Å²) < 4.78 is 0. The summed E-state index contributed by atoms with van der Waals surface area (Å²) in [6.45, 7) is 3.43. The van der Waals surface area contributed by atoms with Crippen LogP contribution in [0.1, 0.15) is 19.8 Å². The largest absolute Gasteiger partial charge is 0.380 e. The van der Waals surface area contributed by atoms with Crippen molar-refractivity contribution in [2.75, 3.05) is 11.9 Å². The lowest BCUT2D eigenvalue weighted by Crippen LogP contribution is -2.37. The van der Waals surface area contributed by atoms with Crippen molar-refractivity contribution in [3.63, 3.8) is 0 Å². The first-order chi connectivity index (χ1) is 6.36. The first kappa shape index (κ1) is 9.03. The highest BCUT2D eigenvalue weighted by Gasteiger charge is 2.20. The van der Waals surface area contributed by atoms with E-state index in [0.29, 0.717) is 12.1 Å². The van der Waals surface area contributed by atoms with Gasteiger partial charge in [0.1, 0.15) is 0 Å². The Morgan fingerprint density at radius 3 is 3.23 bits per heavy atom. The third kappa shape index (κ3) is 2.23. The standard InChI is InChI=1S/C10H16N2S/c1-8(10-3-2-5-11-10)12-9-4-6-13-7-9/h4,6-8,10-12H,2-3,5H2,1H3. The van der Waals surface area contributed by atoms with Crippen molar-refractivity contribution in [3.8, 4) is 0 Å². The molecule has 2 rings (SSSR count). The fraction of sp³-hybridized carbons (Fsp3) is 0.600. The zero-order valence-corrected chi connectivity index (χ0v) is 8.73. The Hall–Kier alpha value is -0.540. The molecule has 13 heavy (non-hydrogen) atoms. The highest BCUT2D eigenvalue weighted by Crippen LogP contribution is 2.17. The van der Waals surface area contributed by atoms with Gasteiger partial charge in [0.05, 0.1) is 0 Å². The summed E-state index contributed by atoms with van der Waals surface area (Å²) in [4.78, 5) is 0. The summed E-state index contributed by atoms with van der Waals surface area (Å²) in [5.74, 6) is 0. The average molecular weight is 196 g/mol. The molecule has 1 fully saturated rings. The summed E-state index contributed by atoms with van der Waals surface area (Å²) in [5, 5.41) is 11.3. The molecule has 0 radical (unpaired) electrons. The SMILES string of the molecule is CC(Nc1ccsc1)C1CCCN1. The highest BCUT2D eigenvalue weighted by atomic mass is 32.1. The monoisotopic (exact) mass is 196 g/mol. The maximum Gasteiger partial charge on any atom is 0.0451 e. The number of anilines is 1. The second kappa shape index (κ2) is 4.11. The van der Waals surface area contributed by atoms with Crippen LogP contribution in [0.25, 0.3) is 0 Å². The Morgan fingerprint density at radius 1 is 1.69 bits per heavy atom. The van der Waals surface area contributed by atoms with Gasteiger partial charge in [-0.15, -0.1) is 0 Å². The minimum atomic E-state index is 0.539. The van der Waals surface area contributed by atoms with Crippen LogP contribution in [-0.2, 0) is 0 Å². The second-order valence-corrected chi connectivity index (χ2v) is 4.43. The molecule has 2 N–H and O–H groups in total. The highest BCUT2D eigenvalue weighted by molar-refractivity contribution is 7.08. The van der Waals surface area contributed by atoms with Crippen LogP contribution in [0.2, 0.25) is 0 Å². The molecule has 2 heterocycles. The molecule has 0 saturated carbocycles. The minimum absolute atomic E-state index is 0.539. The van der Waals surface area contributed by atoms with Gasteiger partial charge in [-0.3, -0.25) is 0 Å². The van der Waals surface area contributed by atoms with Crippen molar-refractivity contribution >= 4 is 17.0 Å². The topological polar surface area (TPSA) is 24.1 Å². The van der Waals surface area contributed by atoms with E-state index in [9.17, 15) is 0 Å². The summed E-state index contributed by atoms with van der Waals surface area (Å²) >= 11 is 1.74. The van der Waals surface area contributed by atoms with E-state index in [-0.39, 0.29) is 0 Å². The minimum Gasteiger partial charge on any atom is -0.380 e. The third-order valence-corrected chi connectivity index (χ3v) is 3.30. The number of hydrogen-bond acceptors (Lipinski definition) is 3. The van der Waals surface area contributed by atoms with Crippen molar-refractivity contribution < 1.29 is 0 Å². The van der Waals surface area contributed by atoms with Gasteiger partial charge in [-0.25, -0.2) is 0 Å². The molecule has 0 aliphatic carbocycles. The molecule has 1 aromatic rings. The Labute approximate surface area is 83.4 Å². The van der Waals surface area contributed by atoms with E-state index in [2.05, 4.69) is 34.4 Å². The van der Waals surface area contributed by atoms with E-state index < -0.39 is 0 Å². The lowest BCUT2D eigenvalue weighted by atomic mass is 10.1. The summed E-state index contributed by atoms with van der Waals surface area (Å²) in [6, 6.07) is 3.33. The van der Waals surface area contributed by atoms with Gasteiger partial charge in [-0.1, -0.05) is 0 Å². The van der Waals surface area contributed by atoms with Crippen molar-refractivity contribution in [1.82, 2.24) is 5.32 Å². The Balaban J connectivity index is 1.87. The molecule has 1 aromatic heterocycles. The fourth-order valence-corrected chi connectivity index (χ4v) is 2.45. The molecule has 2 nitrogen and oxygen atoms in total. The van der Waals surface area contributed by atoms with Crippen LogP contribution in [0, 0.1) is 0 Å². The summed E-state index contributed by atoms with van der Waals surface area (Å²) in [5.41, 5.74) is 1.26. The fourth-order valence-electron chi connectivity index (χ4n) is 1.85. The van der Waals surface area contributed by atoms with Gasteiger partial charge in [0, 0.05) is 23.2 Å².